The van der Waals surface area contributed by atoms with E-state index in [2.05, 4.69) is 20.6 Å². The van der Waals surface area contributed by atoms with E-state index in [1.165, 1.54) is 23.5 Å². The zero-order chi connectivity index (χ0) is 24.5. The lowest BCUT2D eigenvalue weighted by Gasteiger charge is -2.13. The summed E-state index contributed by atoms with van der Waals surface area (Å²) < 4.78 is 15.1. The van der Waals surface area contributed by atoms with Crippen LogP contribution >= 0.6 is 11.3 Å². The number of nitrogens with one attached hydrogen (secondary N) is 2. The highest BCUT2D eigenvalue weighted by molar-refractivity contribution is 7.15. The van der Waals surface area contributed by atoms with Crippen LogP contribution in [0.15, 0.2) is 54.7 Å². The molecule has 0 aliphatic carbocycles. The monoisotopic (exact) mass is 476 g/mol. The van der Waals surface area contributed by atoms with Crippen molar-refractivity contribution in [1.82, 2.24) is 15.0 Å². The molecular weight excluding hydrogens is 451 g/mol. The van der Waals surface area contributed by atoms with Crippen molar-refractivity contribution in [3.8, 4) is 21.8 Å². The summed E-state index contributed by atoms with van der Waals surface area (Å²) in [5.41, 5.74) is 9.06. The first-order valence-electron chi connectivity index (χ1n) is 10.6. The van der Waals surface area contributed by atoms with Gasteiger partial charge in [0.25, 0.3) is 0 Å². The van der Waals surface area contributed by atoms with Gasteiger partial charge in [0.05, 0.1) is 15.6 Å². The molecule has 0 saturated heterocycles. The van der Waals surface area contributed by atoms with Gasteiger partial charge in [0.15, 0.2) is 0 Å². The minimum atomic E-state index is -0.433. The van der Waals surface area contributed by atoms with Crippen molar-refractivity contribution in [2.75, 3.05) is 16.4 Å². The number of amides is 2. The maximum atomic E-state index is 15.1. The number of carbonyl (C=O) groups excluding carboxylic acids is 1. The Morgan fingerprint density at radius 2 is 1.68 bits per heavy atom. The van der Waals surface area contributed by atoms with E-state index < -0.39 is 11.8 Å². The van der Waals surface area contributed by atoms with Gasteiger partial charge < -0.3 is 16.4 Å². The maximum Gasteiger partial charge on any atom is 0.323 e. The number of nitrogens with zero attached hydrogens (tertiary/aromatic N) is 3. The highest BCUT2D eigenvalue weighted by Crippen LogP contribution is 2.41. The van der Waals surface area contributed by atoms with Crippen molar-refractivity contribution in [2.24, 2.45) is 0 Å². The van der Waals surface area contributed by atoms with Gasteiger partial charge in [-0.25, -0.2) is 24.1 Å². The fraction of sp³-hybridized carbons (Fsp3) is 0.200. The van der Waals surface area contributed by atoms with Crippen LogP contribution in [-0.4, -0.2) is 21.0 Å². The largest absolute Gasteiger partial charge is 0.368 e. The molecular formula is C25H25FN6OS. The number of carbonyl (C=O) groups is 1. The van der Waals surface area contributed by atoms with E-state index in [1.54, 1.807) is 18.3 Å². The molecule has 174 valence electrons. The van der Waals surface area contributed by atoms with Crippen molar-refractivity contribution in [3.63, 3.8) is 0 Å². The van der Waals surface area contributed by atoms with Crippen LogP contribution < -0.4 is 16.4 Å². The number of rotatable bonds is 4. The van der Waals surface area contributed by atoms with E-state index in [9.17, 15) is 4.79 Å². The number of halogens is 1. The lowest BCUT2D eigenvalue weighted by atomic mass is 9.98. The van der Waals surface area contributed by atoms with Crippen molar-refractivity contribution in [3.05, 3.63) is 71.1 Å². The average molecular weight is 477 g/mol. The zero-order valence-electron chi connectivity index (χ0n) is 19.3. The molecule has 0 radical (unpaired) electrons. The Hall–Kier alpha value is -3.85. The Morgan fingerprint density at radius 3 is 2.35 bits per heavy atom. The molecule has 2 heterocycles. The van der Waals surface area contributed by atoms with Crippen molar-refractivity contribution in [1.29, 1.82) is 0 Å². The highest BCUT2D eigenvalue weighted by atomic mass is 32.1. The number of nitrogens with two attached hydrogens (primary N) is 1. The predicted molar refractivity (Wildman–Crippen MR) is 135 cm³/mol. The Kier molecular flexibility index (Phi) is 6.30. The molecule has 0 aliphatic rings. The van der Waals surface area contributed by atoms with Crippen LogP contribution in [0, 0.1) is 12.7 Å². The molecule has 0 saturated carbocycles. The number of aromatic nitrogens is 3. The van der Waals surface area contributed by atoms with E-state index in [0.717, 1.165) is 10.6 Å². The summed E-state index contributed by atoms with van der Waals surface area (Å²) in [7, 11) is 0. The van der Waals surface area contributed by atoms with Gasteiger partial charge in [0.1, 0.15) is 11.5 Å². The van der Waals surface area contributed by atoms with Crippen LogP contribution in [-0.2, 0) is 5.41 Å². The summed E-state index contributed by atoms with van der Waals surface area (Å²) in [6.45, 7) is 8.09. The third kappa shape index (κ3) is 5.20. The molecule has 2 aromatic heterocycles. The quantitative estimate of drug-likeness (QED) is 0.323. The first kappa shape index (κ1) is 23.3. The molecule has 4 N–H and O–H groups in total. The summed E-state index contributed by atoms with van der Waals surface area (Å²) in [6, 6.07) is 13.1. The minimum Gasteiger partial charge on any atom is -0.368 e. The van der Waals surface area contributed by atoms with Crippen LogP contribution in [0.5, 0.6) is 0 Å². The second-order valence-corrected chi connectivity index (χ2v) is 9.89. The molecule has 0 unspecified atom stereocenters. The number of thiazole rings is 1. The van der Waals surface area contributed by atoms with Crippen LogP contribution in [0.1, 0.15) is 31.3 Å². The van der Waals surface area contributed by atoms with Crippen LogP contribution in [0.3, 0.4) is 0 Å². The highest BCUT2D eigenvalue weighted by Gasteiger charge is 2.25. The Morgan fingerprint density at radius 1 is 1.00 bits per heavy atom. The fourth-order valence-corrected chi connectivity index (χ4v) is 4.36. The van der Waals surface area contributed by atoms with E-state index in [0.29, 0.717) is 33.2 Å². The number of hydrogen-bond acceptors (Lipinski definition) is 6. The molecule has 4 rings (SSSR count). The van der Waals surface area contributed by atoms with Gasteiger partial charge >= 0.3 is 6.03 Å². The summed E-state index contributed by atoms with van der Waals surface area (Å²) >= 11 is 1.39. The first-order chi connectivity index (χ1) is 16.1. The lowest BCUT2D eigenvalue weighted by Crippen LogP contribution is -2.19. The van der Waals surface area contributed by atoms with Crippen LogP contribution in [0.4, 0.5) is 26.5 Å². The third-order valence-corrected chi connectivity index (χ3v) is 6.48. The lowest BCUT2D eigenvalue weighted by molar-refractivity contribution is 0.262. The van der Waals surface area contributed by atoms with E-state index >= 15 is 4.39 Å². The SMILES string of the molecule is Cc1ccc(NC(=O)Nc2ccc(F)c(-c3sc(C(C)(C)C)nc3-c3ccnc(N)n3)c2)cc1. The van der Waals surface area contributed by atoms with Crippen LogP contribution in [0.25, 0.3) is 21.8 Å². The molecule has 4 aromatic rings. The van der Waals surface area contributed by atoms with E-state index in [1.807, 2.05) is 52.0 Å². The van der Waals surface area contributed by atoms with Crippen molar-refractivity contribution in [2.45, 2.75) is 33.1 Å². The van der Waals surface area contributed by atoms with E-state index in [-0.39, 0.29) is 11.4 Å². The zero-order valence-corrected chi connectivity index (χ0v) is 20.1. The topological polar surface area (TPSA) is 106 Å². The molecule has 0 spiro atoms. The number of hydrogen-bond donors (Lipinski definition) is 3. The van der Waals surface area contributed by atoms with Crippen LogP contribution in [0.2, 0.25) is 0 Å². The summed E-state index contributed by atoms with van der Waals surface area (Å²) in [4.78, 5) is 26.1. The molecule has 0 atom stereocenters. The van der Waals surface area contributed by atoms with Gasteiger partial charge in [-0.15, -0.1) is 11.3 Å². The fourth-order valence-electron chi connectivity index (χ4n) is 3.21. The Balaban J connectivity index is 1.70. The Labute approximate surface area is 201 Å². The third-order valence-electron chi connectivity index (χ3n) is 4.96. The van der Waals surface area contributed by atoms with Gasteiger partial charge in [0.2, 0.25) is 5.95 Å². The molecule has 9 heteroatoms. The molecule has 2 amide bonds. The smallest absolute Gasteiger partial charge is 0.323 e. The van der Waals surface area contributed by atoms with Gasteiger partial charge in [-0.3, -0.25) is 0 Å². The van der Waals surface area contributed by atoms with Gasteiger partial charge in [0, 0.05) is 28.6 Å². The number of aryl methyl sites for hydroxylation is 1. The average Bonchev–Trinajstić information content (AvgIpc) is 3.23. The molecule has 2 aromatic carbocycles. The summed E-state index contributed by atoms with van der Waals surface area (Å²) in [5.74, 6) is -0.325. The van der Waals surface area contributed by atoms with Gasteiger partial charge in [-0.1, -0.05) is 38.5 Å². The molecule has 0 bridgehead atoms. The summed E-state index contributed by atoms with van der Waals surface area (Å²) in [5, 5.41) is 6.37. The number of benzene rings is 2. The molecule has 34 heavy (non-hydrogen) atoms. The Bertz CT molecular complexity index is 1340. The second kappa shape index (κ2) is 9.18. The number of anilines is 3. The van der Waals surface area contributed by atoms with Gasteiger partial charge in [-0.05, 0) is 43.3 Å². The second-order valence-electron chi connectivity index (χ2n) is 8.89. The molecule has 7 nitrogen and oxygen atoms in total. The number of nitrogen functional groups attached to an aromatic ring is 1. The van der Waals surface area contributed by atoms with Gasteiger partial charge in [-0.2, -0.15) is 0 Å². The minimum absolute atomic E-state index is 0.109. The first-order valence-corrected chi connectivity index (χ1v) is 11.5. The maximum absolute atomic E-state index is 15.1. The van der Waals surface area contributed by atoms with Crippen molar-refractivity contribution >= 4 is 34.7 Å². The standard InChI is InChI=1S/C25H25FN6OS/c1-14-5-7-15(8-6-14)29-24(33)30-16-9-10-18(26)17(13-16)21-20(19-11-12-28-23(27)31-19)32-22(34-21)25(2,3)4/h5-13H,1-4H3,(H2,27,28,31)(H2,29,30,33). The number of urea groups is 1. The predicted octanol–water partition coefficient (Wildman–Crippen LogP) is 6.24. The molecule has 0 aliphatic heterocycles. The van der Waals surface area contributed by atoms with E-state index in [4.69, 9.17) is 10.7 Å². The summed E-state index contributed by atoms with van der Waals surface area (Å²) in [6.07, 6.45) is 1.54. The molecule has 0 fully saturated rings. The normalized spacial score (nSPS) is 11.3. The van der Waals surface area contributed by atoms with Crippen molar-refractivity contribution < 1.29 is 9.18 Å².